The minimum Gasteiger partial charge on any atom is -0.354 e. The van der Waals surface area contributed by atoms with Crippen LogP contribution in [-0.2, 0) is 32.6 Å². The molecule has 2 amide bonds. The summed E-state index contributed by atoms with van der Waals surface area (Å²) in [6, 6.07) is 16.4. The highest BCUT2D eigenvalue weighted by Crippen LogP contribution is 2.35. The second kappa shape index (κ2) is 14.9. The molecule has 12 heteroatoms. The van der Waals surface area contributed by atoms with Crippen molar-refractivity contribution in [2.24, 2.45) is 0 Å². The molecule has 41 heavy (non-hydrogen) atoms. The lowest BCUT2D eigenvalue weighted by molar-refractivity contribution is -0.140. The number of nitrogens with one attached hydrogen (secondary N) is 1. The van der Waals surface area contributed by atoms with Gasteiger partial charge in [-0.1, -0.05) is 96.7 Å². The van der Waals surface area contributed by atoms with E-state index in [1.165, 1.54) is 35.2 Å². The van der Waals surface area contributed by atoms with Crippen molar-refractivity contribution in [3.63, 3.8) is 0 Å². The predicted octanol–water partition coefficient (Wildman–Crippen LogP) is 6.11. The lowest BCUT2D eigenvalue weighted by Crippen LogP contribution is -2.53. The third kappa shape index (κ3) is 9.07. The summed E-state index contributed by atoms with van der Waals surface area (Å²) in [4.78, 5) is 28.8. The molecular weight excluding hydrogens is 612 g/mol. The van der Waals surface area contributed by atoms with E-state index in [0.717, 1.165) is 29.0 Å². The van der Waals surface area contributed by atoms with Crippen LogP contribution >= 0.6 is 34.8 Å². The van der Waals surface area contributed by atoms with E-state index in [9.17, 15) is 22.4 Å². The fourth-order valence-corrected chi connectivity index (χ4v) is 5.71. The van der Waals surface area contributed by atoms with E-state index in [1.54, 1.807) is 6.07 Å². The molecule has 1 atom stereocenters. The van der Waals surface area contributed by atoms with E-state index < -0.39 is 40.2 Å². The van der Waals surface area contributed by atoms with Gasteiger partial charge < -0.3 is 10.2 Å². The molecule has 3 aromatic rings. The Morgan fingerprint density at radius 3 is 2.22 bits per heavy atom. The summed E-state index contributed by atoms with van der Waals surface area (Å²) in [5.74, 6) is -1.75. The van der Waals surface area contributed by atoms with Crippen molar-refractivity contribution in [1.82, 2.24) is 10.2 Å². The van der Waals surface area contributed by atoms with Gasteiger partial charge in [-0.15, -0.1) is 0 Å². The molecule has 3 aromatic carbocycles. The molecule has 0 bridgehead atoms. The van der Waals surface area contributed by atoms with Crippen LogP contribution in [0, 0.1) is 5.82 Å². The van der Waals surface area contributed by atoms with Crippen molar-refractivity contribution in [2.45, 2.75) is 38.8 Å². The van der Waals surface area contributed by atoms with Gasteiger partial charge in [-0.3, -0.25) is 13.9 Å². The van der Waals surface area contributed by atoms with Crippen molar-refractivity contribution in [3.8, 4) is 0 Å². The first-order chi connectivity index (χ1) is 19.4. The van der Waals surface area contributed by atoms with Gasteiger partial charge in [-0.05, 0) is 30.2 Å². The molecule has 0 spiro atoms. The van der Waals surface area contributed by atoms with Crippen LogP contribution in [0.4, 0.5) is 10.1 Å². The van der Waals surface area contributed by atoms with E-state index in [0.29, 0.717) is 6.54 Å². The molecule has 0 aliphatic carbocycles. The quantitative estimate of drug-likeness (QED) is 0.180. The van der Waals surface area contributed by atoms with Gasteiger partial charge in [0.05, 0.1) is 27.0 Å². The number of carbonyl (C=O) groups excluding carboxylic acids is 2. The molecule has 0 saturated carbocycles. The Balaban J connectivity index is 2.08. The smallest absolute Gasteiger partial charge is 0.244 e. The Labute approximate surface area is 255 Å². The number of benzene rings is 3. The van der Waals surface area contributed by atoms with Gasteiger partial charge >= 0.3 is 0 Å². The number of unbranched alkanes of at least 4 members (excludes halogenated alkanes) is 1. The van der Waals surface area contributed by atoms with Crippen LogP contribution in [0.1, 0.15) is 30.9 Å². The molecular formula is C29H31Cl3FN3O4S. The second-order valence-corrected chi connectivity index (χ2v) is 12.6. The molecule has 220 valence electrons. The monoisotopic (exact) mass is 641 g/mol. The minimum absolute atomic E-state index is 0.0348. The molecule has 0 aromatic heterocycles. The Bertz CT molecular complexity index is 1480. The maximum Gasteiger partial charge on any atom is 0.244 e. The molecule has 0 saturated heterocycles. The molecule has 0 aliphatic rings. The van der Waals surface area contributed by atoms with E-state index >= 15 is 0 Å². The summed E-state index contributed by atoms with van der Waals surface area (Å²) < 4.78 is 41.4. The lowest BCUT2D eigenvalue weighted by Gasteiger charge is -2.33. The highest BCUT2D eigenvalue weighted by atomic mass is 35.5. The highest BCUT2D eigenvalue weighted by Gasteiger charge is 2.34. The zero-order valence-electron chi connectivity index (χ0n) is 22.6. The Hall–Kier alpha value is -2.85. The van der Waals surface area contributed by atoms with Gasteiger partial charge in [0.25, 0.3) is 0 Å². The second-order valence-electron chi connectivity index (χ2n) is 9.45. The number of rotatable bonds is 13. The Kier molecular flexibility index (Phi) is 11.8. The summed E-state index contributed by atoms with van der Waals surface area (Å²) in [7, 11) is -4.08. The Morgan fingerprint density at radius 2 is 1.59 bits per heavy atom. The minimum atomic E-state index is -4.08. The topological polar surface area (TPSA) is 86.8 Å². The number of carbonyl (C=O) groups is 2. The van der Waals surface area contributed by atoms with Crippen LogP contribution < -0.4 is 9.62 Å². The lowest BCUT2D eigenvalue weighted by atomic mass is 10.0. The molecule has 0 aliphatic heterocycles. The largest absolute Gasteiger partial charge is 0.354 e. The van der Waals surface area contributed by atoms with Crippen molar-refractivity contribution in [2.75, 3.05) is 23.7 Å². The predicted molar refractivity (Wildman–Crippen MR) is 162 cm³/mol. The third-order valence-electron chi connectivity index (χ3n) is 6.34. The molecule has 1 unspecified atom stereocenters. The zero-order chi connectivity index (χ0) is 30.2. The van der Waals surface area contributed by atoms with Crippen LogP contribution in [0.3, 0.4) is 0 Å². The maximum atomic E-state index is 14.8. The summed E-state index contributed by atoms with van der Waals surface area (Å²) in [6.45, 7) is 1.36. The summed E-state index contributed by atoms with van der Waals surface area (Å²) in [6.07, 6.45) is 2.60. The standard InChI is InChI=1S/C29H31Cl3FN3O4S/c1-3-4-14-34-29(38)27(15-20-10-6-5-7-11-20)35(18-21-12-8-9-13-25(21)33)28(37)19-36(41(2,39)40)26-17-23(31)22(30)16-24(26)32/h5-13,16-17,27H,3-4,14-15,18-19H2,1-2H3,(H,34,38). The first kappa shape index (κ1) is 32.7. The Morgan fingerprint density at radius 1 is 0.951 bits per heavy atom. The molecule has 0 fully saturated rings. The normalized spacial score (nSPS) is 12.0. The van der Waals surface area contributed by atoms with Gasteiger partial charge in [-0.25, -0.2) is 12.8 Å². The summed E-state index contributed by atoms with van der Waals surface area (Å²) in [5, 5.41) is 2.96. The van der Waals surface area contributed by atoms with Crippen LogP contribution in [0.15, 0.2) is 66.7 Å². The van der Waals surface area contributed by atoms with Gasteiger partial charge in [0, 0.05) is 25.1 Å². The van der Waals surface area contributed by atoms with Crippen LogP contribution in [0.2, 0.25) is 15.1 Å². The fourth-order valence-electron chi connectivity index (χ4n) is 4.17. The molecule has 0 heterocycles. The van der Waals surface area contributed by atoms with E-state index in [-0.39, 0.29) is 39.3 Å². The van der Waals surface area contributed by atoms with Gasteiger partial charge in [0.2, 0.25) is 21.8 Å². The van der Waals surface area contributed by atoms with Crippen LogP contribution in [-0.4, -0.2) is 50.5 Å². The van der Waals surface area contributed by atoms with Gasteiger partial charge in [0.1, 0.15) is 18.4 Å². The van der Waals surface area contributed by atoms with Crippen LogP contribution in [0.25, 0.3) is 0 Å². The number of halogens is 4. The average Bonchev–Trinajstić information content (AvgIpc) is 2.92. The van der Waals surface area contributed by atoms with Crippen molar-refractivity contribution in [1.29, 1.82) is 0 Å². The van der Waals surface area contributed by atoms with E-state index in [4.69, 9.17) is 34.8 Å². The van der Waals surface area contributed by atoms with Crippen molar-refractivity contribution >= 4 is 62.3 Å². The first-order valence-electron chi connectivity index (χ1n) is 12.9. The third-order valence-corrected chi connectivity index (χ3v) is 8.49. The van der Waals surface area contributed by atoms with Crippen molar-refractivity contribution < 1.29 is 22.4 Å². The highest BCUT2D eigenvalue weighted by molar-refractivity contribution is 7.92. The zero-order valence-corrected chi connectivity index (χ0v) is 25.7. The number of anilines is 1. The number of amides is 2. The van der Waals surface area contributed by atoms with Gasteiger partial charge in [-0.2, -0.15) is 0 Å². The van der Waals surface area contributed by atoms with Crippen molar-refractivity contribution in [3.05, 3.63) is 98.7 Å². The SMILES string of the molecule is CCCCNC(=O)C(Cc1ccccc1)N(Cc1ccccc1F)C(=O)CN(c1cc(Cl)c(Cl)cc1Cl)S(C)(=O)=O. The number of nitrogens with zero attached hydrogens (tertiary/aromatic N) is 2. The molecule has 0 radical (unpaired) electrons. The van der Waals surface area contributed by atoms with E-state index in [1.807, 2.05) is 37.3 Å². The molecule has 7 nitrogen and oxygen atoms in total. The number of hydrogen-bond donors (Lipinski definition) is 1. The first-order valence-corrected chi connectivity index (χ1v) is 15.9. The number of hydrogen-bond acceptors (Lipinski definition) is 4. The summed E-state index contributed by atoms with van der Waals surface area (Å²) >= 11 is 18.5. The van der Waals surface area contributed by atoms with E-state index in [2.05, 4.69) is 5.32 Å². The van der Waals surface area contributed by atoms with Crippen LogP contribution in [0.5, 0.6) is 0 Å². The van der Waals surface area contributed by atoms with Gasteiger partial charge in [0.15, 0.2) is 0 Å². The molecule has 3 rings (SSSR count). The average molecular weight is 643 g/mol. The fraction of sp³-hybridized carbons (Fsp3) is 0.310. The molecule has 1 N–H and O–H groups in total. The maximum absolute atomic E-state index is 14.8. The number of sulfonamides is 1. The summed E-state index contributed by atoms with van der Waals surface area (Å²) in [5.41, 5.74) is 0.871.